The normalized spacial score (nSPS) is 10.6. The molecule has 1 amide bonds. The molecule has 0 saturated heterocycles. The zero-order valence-electron chi connectivity index (χ0n) is 16.2. The number of carbonyl (C=O) groups excluding carboxylic acids is 1. The predicted octanol–water partition coefficient (Wildman–Crippen LogP) is 2.92. The van der Waals surface area contributed by atoms with Crippen LogP contribution in [-0.2, 0) is 17.6 Å². The average molecular weight is 431 g/mol. The molecule has 30 heavy (non-hydrogen) atoms. The number of rotatable bonds is 8. The smallest absolute Gasteiger partial charge is 0.273 e. The van der Waals surface area contributed by atoms with Gasteiger partial charge < -0.3 is 15.0 Å². The van der Waals surface area contributed by atoms with E-state index in [4.69, 9.17) is 16.3 Å². The van der Waals surface area contributed by atoms with E-state index in [1.807, 2.05) is 24.3 Å². The first-order valence-electron chi connectivity index (χ1n) is 9.27. The summed E-state index contributed by atoms with van der Waals surface area (Å²) < 4.78 is 18.4. The summed E-state index contributed by atoms with van der Waals surface area (Å²) >= 11 is 5.75. The molecule has 3 rings (SSSR count). The zero-order valence-corrected chi connectivity index (χ0v) is 17.0. The van der Waals surface area contributed by atoms with Crippen molar-refractivity contribution in [3.63, 3.8) is 0 Å². The van der Waals surface area contributed by atoms with Gasteiger partial charge in [0.1, 0.15) is 17.3 Å². The van der Waals surface area contributed by atoms with Crippen LogP contribution in [0.15, 0.2) is 47.3 Å². The van der Waals surface area contributed by atoms with Gasteiger partial charge in [-0.2, -0.15) is 0 Å². The van der Waals surface area contributed by atoms with Crippen LogP contribution >= 0.6 is 11.6 Å². The van der Waals surface area contributed by atoms with Crippen molar-refractivity contribution >= 4 is 17.5 Å². The van der Waals surface area contributed by atoms with E-state index in [0.29, 0.717) is 18.5 Å². The molecule has 9 heteroatoms. The highest BCUT2D eigenvalue weighted by Crippen LogP contribution is 2.21. The molecular formula is C21H20ClFN4O3. The predicted molar refractivity (Wildman–Crippen MR) is 111 cm³/mol. The molecule has 1 aromatic heterocycles. The van der Waals surface area contributed by atoms with Gasteiger partial charge in [0, 0.05) is 24.9 Å². The van der Waals surface area contributed by atoms with E-state index < -0.39 is 11.4 Å². The molecule has 0 atom stereocenters. The zero-order chi connectivity index (χ0) is 21.5. The molecule has 2 N–H and O–H groups in total. The number of aromatic amines is 1. The fraction of sp³-hybridized carbons (Fsp3) is 0.238. The monoisotopic (exact) mass is 430 g/mol. The number of aromatic nitrogens is 3. The second kappa shape index (κ2) is 9.98. The van der Waals surface area contributed by atoms with Crippen LogP contribution in [0.5, 0.6) is 5.75 Å². The van der Waals surface area contributed by atoms with Gasteiger partial charge in [0.2, 0.25) is 5.91 Å². The number of amides is 1. The number of aryl methyl sites for hydroxylation is 1. The van der Waals surface area contributed by atoms with Crippen molar-refractivity contribution in [2.24, 2.45) is 0 Å². The van der Waals surface area contributed by atoms with Crippen molar-refractivity contribution in [1.82, 2.24) is 20.5 Å². The first-order valence-corrected chi connectivity index (χ1v) is 9.65. The summed E-state index contributed by atoms with van der Waals surface area (Å²) in [5.41, 5.74) is 1.22. The van der Waals surface area contributed by atoms with Crippen LogP contribution in [0.4, 0.5) is 4.39 Å². The van der Waals surface area contributed by atoms with Crippen LogP contribution in [0, 0.1) is 5.82 Å². The lowest BCUT2D eigenvalue weighted by molar-refractivity contribution is -0.121. The number of halogens is 2. The lowest BCUT2D eigenvalue weighted by Crippen LogP contribution is -2.27. The number of carbonyl (C=O) groups is 1. The fourth-order valence-corrected chi connectivity index (χ4v) is 2.94. The molecule has 3 aromatic rings. The summed E-state index contributed by atoms with van der Waals surface area (Å²) in [4.78, 5) is 26.8. The van der Waals surface area contributed by atoms with Crippen molar-refractivity contribution in [2.75, 3.05) is 13.7 Å². The van der Waals surface area contributed by atoms with Gasteiger partial charge in [0.05, 0.1) is 12.1 Å². The summed E-state index contributed by atoms with van der Waals surface area (Å²) in [6, 6.07) is 11.6. The van der Waals surface area contributed by atoms with Gasteiger partial charge in [0.15, 0.2) is 5.82 Å². The maximum absolute atomic E-state index is 13.3. The fourth-order valence-electron chi connectivity index (χ4n) is 2.76. The van der Waals surface area contributed by atoms with Crippen molar-refractivity contribution in [3.8, 4) is 17.1 Å². The van der Waals surface area contributed by atoms with Crippen LogP contribution in [0.2, 0.25) is 5.02 Å². The Kier molecular flexibility index (Phi) is 7.13. The van der Waals surface area contributed by atoms with Gasteiger partial charge in [-0.3, -0.25) is 9.59 Å². The lowest BCUT2D eigenvalue weighted by Gasteiger charge is -2.06. The molecule has 0 aliphatic heterocycles. The van der Waals surface area contributed by atoms with Crippen molar-refractivity contribution < 1.29 is 13.9 Å². The molecule has 0 unspecified atom stereocenters. The Labute approximate surface area is 177 Å². The topological polar surface area (TPSA) is 97.0 Å². The van der Waals surface area contributed by atoms with Gasteiger partial charge in [-0.25, -0.2) is 4.39 Å². The number of H-pyrrole nitrogens is 1. The SMILES string of the molecule is COc1ccc(CCNC(=O)CCc2nnc(-c3ccc(F)c(Cl)c3)[nH]c2=O)cc1. The highest BCUT2D eigenvalue weighted by atomic mass is 35.5. The van der Waals surface area contributed by atoms with Crippen LogP contribution in [0.1, 0.15) is 17.7 Å². The molecule has 0 aliphatic carbocycles. The van der Waals surface area contributed by atoms with E-state index in [9.17, 15) is 14.0 Å². The van der Waals surface area contributed by atoms with Crippen LogP contribution in [0.25, 0.3) is 11.4 Å². The standard InChI is InChI=1S/C21H20ClFN4O3/c1-30-15-5-2-13(3-6-15)10-11-24-19(28)9-8-18-21(29)25-20(27-26-18)14-4-7-17(23)16(22)12-14/h2-7,12H,8-11H2,1H3,(H,24,28)(H,25,27,29). The highest BCUT2D eigenvalue weighted by molar-refractivity contribution is 6.31. The average Bonchev–Trinajstić information content (AvgIpc) is 2.75. The van der Waals surface area contributed by atoms with Crippen molar-refractivity contribution in [3.05, 3.63) is 74.9 Å². The summed E-state index contributed by atoms with van der Waals surface area (Å²) in [5.74, 6) is 0.210. The van der Waals surface area contributed by atoms with Crippen LogP contribution in [-0.4, -0.2) is 34.7 Å². The Bertz CT molecular complexity index is 1090. The van der Waals surface area contributed by atoms with Gasteiger partial charge in [0.25, 0.3) is 5.56 Å². The molecule has 0 bridgehead atoms. The number of ether oxygens (including phenoxy) is 1. The van der Waals surface area contributed by atoms with Crippen LogP contribution in [0.3, 0.4) is 0 Å². The van der Waals surface area contributed by atoms with E-state index in [2.05, 4.69) is 20.5 Å². The Hall–Kier alpha value is -3.26. The summed E-state index contributed by atoms with van der Waals surface area (Å²) in [5, 5.41) is 10.6. The summed E-state index contributed by atoms with van der Waals surface area (Å²) in [7, 11) is 1.61. The van der Waals surface area contributed by atoms with Crippen LogP contribution < -0.4 is 15.6 Å². The molecule has 0 saturated carbocycles. The highest BCUT2D eigenvalue weighted by Gasteiger charge is 2.11. The molecule has 0 aliphatic rings. The minimum absolute atomic E-state index is 0.0782. The second-order valence-electron chi connectivity index (χ2n) is 6.53. The van der Waals surface area contributed by atoms with Crippen molar-refractivity contribution in [1.29, 1.82) is 0 Å². The number of nitrogens with one attached hydrogen (secondary N) is 2. The van der Waals surface area contributed by atoms with Gasteiger partial charge in [-0.1, -0.05) is 23.7 Å². The first kappa shape index (κ1) is 21.4. The molecule has 2 aromatic carbocycles. The quantitative estimate of drug-likeness (QED) is 0.572. The van der Waals surface area contributed by atoms with E-state index in [-0.39, 0.29) is 35.3 Å². The first-order chi connectivity index (χ1) is 14.5. The number of methoxy groups -OCH3 is 1. The number of hydrogen-bond acceptors (Lipinski definition) is 5. The van der Waals surface area contributed by atoms with Gasteiger partial charge in [-0.05, 0) is 42.3 Å². The van der Waals surface area contributed by atoms with Gasteiger partial charge in [-0.15, -0.1) is 10.2 Å². The molecule has 0 fully saturated rings. The maximum Gasteiger partial charge on any atom is 0.273 e. The minimum atomic E-state index is -0.564. The Morgan fingerprint density at radius 2 is 1.93 bits per heavy atom. The third-order valence-electron chi connectivity index (χ3n) is 4.44. The summed E-state index contributed by atoms with van der Waals surface area (Å²) in [6.45, 7) is 0.484. The number of benzene rings is 2. The number of hydrogen-bond donors (Lipinski definition) is 2. The maximum atomic E-state index is 13.3. The third-order valence-corrected chi connectivity index (χ3v) is 4.73. The molecular weight excluding hydrogens is 411 g/mol. The van der Waals surface area contributed by atoms with E-state index >= 15 is 0 Å². The Morgan fingerprint density at radius 1 is 1.17 bits per heavy atom. The van der Waals surface area contributed by atoms with E-state index in [1.54, 1.807) is 7.11 Å². The Balaban J connectivity index is 1.50. The molecule has 0 spiro atoms. The number of nitrogens with zero attached hydrogens (tertiary/aromatic N) is 2. The molecule has 7 nitrogen and oxygen atoms in total. The van der Waals surface area contributed by atoms with E-state index in [0.717, 1.165) is 11.3 Å². The second-order valence-corrected chi connectivity index (χ2v) is 6.93. The van der Waals surface area contributed by atoms with E-state index in [1.165, 1.54) is 18.2 Å². The molecule has 0 radical (unpaired) electrons. The van der Waals surface area contributed by atoms with Crippen molar-refractivity contribution in [2.45, 2.75) is 19.3 Å². The summed E-state index contributed by atoms with van der Waals surface area (Å²) in [6.07, 6.45) is 0.953. The largest absolute Gasteiger partial charge is 0.497 e. The lowest BCUT2D eigenvalue weighted by atomic mass is 10.1. The Morgan fingerprint density at radius 3 is 2.60 bits per heavy atom. The molecule has 1 heterocycles. The van der Waals surface area contributed by atoms with Gasteiger partial charge >= 0.3 is 0 Å². The molecule has 156 valence electrons. The minimum Gasteiger partial charge on any atom is -0.497 e. The third kappa shape index (κ3) is 5.64.